The first-order chi connectivity index (χ1) is 17.7. The Balaban J connectivity index is 1.83. The molecule has 1 fully saturated rings. The number of carbonyl (C=O) groups is 1. The molecule has 0 aliphatic carbocycles. The third-order valence-electron chi connectivity index (χ3n) is 6.45. The van der Waals surface area contributed by atoms with Gasteiger partial charge in [0.25, 0.3) is 0 Å². The third-order valence-corrected chi connectivity index (χ3v) is 11.1. The summed E-state index contributed by atoms with van der Waals surface area (Å²) in [7, 11) is -8.83. The Morgan fingerprint density at radius 3 is 1.43 bits per heavy atom. The SMILES string of the molecule is O=C(OCc1ccccc1)N1[C@H](CO)[C@H](S(=O)(=O)c2ccccc2)[C@@H](S(=O)(=O)c2ccccc2)[C@@H]1CO. The molecule has 4 atom stereocenters. The van der Waals surface area contributed by atoms with Gasteiger partial charge >= 0.3 is 6.09 Å². The Hall–Kier alpha value is -3.25. The third kappa shape index (κ3) is 5.12. The van der Waals surface area contributed by atoms with Crippen molar-refractivity contribution in [2.24, 2.45) is 0 Å². The average molecular weight is 546 g/mol. The minimum absolute atomic E-state index is 0.164. The predicted molar refractivity (Wildman–Crippen MR) is 135 cm³/mol. The molecule has 37 heavy (non-hydrogen) atoms. The molecule has 0 unspecified atom stereocenters. The molecule has 0 aromatic heterocycles. The lowest BCUT2D eigenvalue weighted by molar-refractivity contribution is 0.0532. The van der Waals surface area contributed by atoms with Gasteiger partial charge in [0.1, 0.15) is 17.1 Å². The van der Waals surface area contributed by atoms with Crippen LogP contribution in [-0.2, 0) is 31.0 Å². The minimum atomic E-state index is -4.42. The fraction of sp³-hybridized carbons (Fsp3) is 0.269. The Morgan fingerprint density at radius 1 is 0.676 bits per heavy atom. The second-order valence-corrected chi connectivity index (χ2v) is 12.8. The van der Waals surface area contributed by atoms with Crippen molar-refractivity contribution in [3.8, 4) is 0 Å². The van der Waals surface area contributed by atoms with Gasteiger partial charge in [-0.3, -0.25) is 4.90 Å². The Kier molecular flexibility index (Phi) is 7.98. The van der Waals surface area contributed by atoms with Crippen LogP contribution in [0.5, 0.6) is 0 Å². The molecular formula is C26H27NO8S2. The molecule has 1 aliphatic rings. The first-order valence-electron chi connectivity index (χ1n) is 11.5. The van der Waals surface area contributed by atoms with Gasteiger partial charge in [0.2, 0.25) is 0 Å². The van der Waals surface area contributed by atoms with Gasteiger partial charge in [0.05, 0.1) is 35.1 Å². The van der Waals surface area contributed by atoms with E-state index in [1.807, 2.05) is 0 Å². The van der Waals surface area contributed by atoms with Crippen LogP contribution in [0.15, 0.2) is 101 Å². The largest absolute Gasteiger partial charge is 0.445 e. The smallest absolute Gasteiger partial charge is 0.410 e. The summed E-state index contributed by atoms with van der Waals surface area (Å²) >= 11 is 0. The molecular weight excluding hydrogens is 518 g/mol. The van der Waals surface area contributed by atoms with Crippen LogP contribution >= 0.6 is 0 Å². The number of likely N-dealkylation sites (tertiary alicyclic amines) is 1. The van der Waals surface area contributed by atoms with Crippen molar-refractivity contribution in [1.29, 1.82) is 0 Å². The number of amides is 1. The van der Waals surface area contributed by atoms with Crippen molar-refractivity contribution in [1.82, 2.24) is 4.90 Å². The summed E-state index contributed by atoms with van der Waals surface area (Å²) in [4.78, 5) is 13.8. The molecule has 9 nitrogen and oxygen atoms in total. The Bertz CT molecular complexity index is 1330. The van der Waals surface area contributed by atoms with E-state index in [1.165, 1.54) is 48.5 Å². The summed E-state index contributed by atoms with van der Waals surface area (Å²) in [5, 5.41) is 17.1. The number of hydrogen-bond donors (Lipinski definition) is 2. The molecule has 1 amide bonds. The number of benzene rings is 3. The molecule has 11 heteroatoms. The molecule has 1 saturated heterocycles. The maximum absolute atomic E-state index is 13.9. The second-order valence-electron chi connectivity index (χ2n) is 8.59. The van der Waals surface area contributed by atoms with Crippen molar-refractivity contribution in [2.75, 3.05) is 13.2 Å². The minimum Gasteiger partial charge on any atom is -0.445 e. The van der Waals surface area contributed by atoms with Crippen LogP contribution in [-0.4, -0.2) is 73.8 Å². The van der Waals surface area contributed by atoms with Crippen LogP contribution in [0.25, 0.3) is 0 Å². The molecule has 1 heterocycles. The molecule has 0 radical (unpaired) electrons. The first kappa shape index (κ1) is 26.8. The number of nitrogens with zero attached hydrogens (tertiary/aromatic N) is 1. The lowest BCUT2D eigenvalue weighted by Gasteiger charge is -2.28. The summed E-state index contributed by atoms with van der Waals surface area (Å²) in [6.45, 7) is -1.90. The topological polar surface area (TPSA) is 138 Å². The van der Waals surface area contributed by atoms with Gasteiger partial charge in [0.15, 0.2) is 19.7 Å². The average Bonchev–Trinajstić information content (AvgIpc) is 3.29. The van der Waals surface area contributed by atoms with E-state index >= 15 is 0 Å². The van der Waals surface area contributed by atoms with E-state index in [2.05, 4.69) is 0 Å². The number of hydrogen-bond acceptors (Lipinski definition) is 8. The van der Waals surface area contributed by atoms with Crippen LogP contribution in [0.3, 0.4) is 0 Å². The maximum Gasteiger partial charge on any atom is 0.410 e. The summed E-state index contributed by atoms with van der Waals surface area (Å²) in [6.07, 6.45) is -1.04. The molecule has 196 valence electrons. The molecule has 3 aromatic rings. The van der Waals surface area contributed by atoms with Gasteiger partial charge in [-0.05, 0) is 29.8 Å². The fourth-order valence-electron chi connectivity index (χ4n) is 4.75. The highest BCUT2D eigenvalue weighted by Crippen LogP contribution is 2.40. The molecule has 0 saturated carbocycles. The Labute approximate surface area is 215 Å². The van der Waals surface area contributed by atoms with Gasteiger partial charge in [-0.25, -0.2) is 21.6 Å². The van der Waals surface area contributed by atoms with Crippen LogP contribution in [0.4, 0.5) is 4.79 Å². The molecule has 0 bridgehead atoms. The molecule has 0 spiro atoms. The zero-order valence-corrected chi connectivity index (χ0v) is 21.3. The van der Waals surface area contributed by atoms with Crippen LogP contribution in [0, 0.1) is 0 Å². The quantitative estimate of drug-likeness (QED) is 0.439. The normalized spacial score (nSPS) is 22.1. The van der Waals surface area contributed by atoms with Gasteiger partial charge in [-0.2, -0.15) is 0 Å². The summed E-state index contributed by atoms with van der Waals surface area (Å²) in [6, 6.07) is 20.2. The van der Waals surface area contributed by atoms with Crippen LogP contribution in [0.1, 0.15) is 5.56 Å². The summed E-state index contributed by atoms with van der Waals surface area (Å²) in [5.41, 5.74) is 0.651. The lowest BCUT2D eigenvalue weighted by atomic mass is 10.2. The van der Waals surface area contributed by atoms with Crippen molar-refractivity contribution >= 4 is 25.8 Å². The monoisotopic (exact) mass is 545 g/mol. The van der Waals surface area contributed by atoms with Gasteiger partial charge in [-0.15, -0.1) is 0 Å². The van der Waals surface area contributed by atoms with E-state index in [9.17, 15) is 31.8 Å². The summed E-state index contributed by atoms with van der Waals surface area (Å²) < 4.78 is 60.8. The standard InChI is InChI=1S/C26H27NO8S2/c28-16-22-24(36(31,32)20-12-6-2-7-13-20)25(37(33,34)21-14-8-3-9-15-21)23(17-29)27(22)26(30)35-18-19-10-4-1-5-11-19/h1-15,22-25,28-29H,16-18H2/t22-,23+,24-,25-/m0/s1. The lowest BCUT2D eigenvalue weighted by Crippen LogP contribution is -2.48. The van der Waals surface area contributed by atoms with E-state index in [0.717, 1.165) is 4.90 Å². The van der Waals surface area contributed by atoms with E-state index in [4.69, 9.17) is 4.74 Å². The highest BCUT2D eigenvalue weighted by molar-refractivity contribution is 7.96. The molecule has 4 rings (SSSR count). The zero-order chi connectivity index (χ0) is 26.6. The zero-order valence-electron chi connectivity index (χ0n) is 19.7. The molecule has 3 aromatic carbocycles. The fourth-order valence-corrected chi connectivity index (χ4v) is 9.66. The van der Waals surface area contributed by atoms with Gasteiger partial charge < -0.3 is 14.9 Å². The first-order valence-corrected chi connectivity index (χ1v) is 14.6. The van der Waals surface area contributed by atoms with Crippen LogP contribution < -0.4 is 0 Å². The molecule has 2 N–H and O–H groups in total. The second kappa shape index (κ2) is 11.0. The number of sulfone groups is 2. The highest BCUT2D eigenvalue weighted by atomic mass is 32.2. The Morgan fingerprint density at radius 2 is 1.05 bits per heavy atom. The van der Waals surface area contributed by atoms with Gasteiger partial charge in [0, 0.05) is 0 Å². The number of rotatable bonds is 8. The molecule has 1 aliphatic heterocycles. The van der Waals surface area contributed by atoms with E-state index < -0.39 is 61.6 Å². The van der Waals surface area contributed by atoms with E-state index in [0.29, 0.717) is 5.56 Å². The number of aliphatic hydroxyl groups excluding tert-OH is 2. The number of aliphatic hydroxyl groups is 2. The summed E-state index contributed by atoms with van der Waals surface area (Å²) in [5.74, 6) is 0. The van der Waals surface area contributed by atoms with E-state index in [-0.39, 0.29) is 16.4 Å². The highest BCUT2D eigenvalue weighted by Gasteiger charge is 2.61. The number of carbonyl (C=O) groups excluding carboxylic acids is 1. The van der Waals surface area contributed by atoms with Crippen molar-refractivity contribution in [2.45, 2.75) is 39.0 Å². The van der Waals surface area contributed by atoms with Crippen molar-refractivity contribution in [3.63, 3.8) is 0 Å². The predicted octanol–water partition coefficient (Wildman–Crippen LogP) is 2.05. The van der Waals surface area contributed by atoms with E-state index in [1.54, 1.807) is 42.5 Å². The number of ether oxygens (including phenoxy) is 1. The maximum atomic E-state index is 13.9. The van der Waals surface area contributed by atoms with Crippen molar-refractivity contribution in [3.05, 3.63) is 96.6 Å². The van der Waals surface area contributed by atoms with Crippen molar-refractivity contribution < 1.29 is 36.6 Å². The van der Waals surface area contributed by atoms with Gasteiger partial charge in [-0.1, -0.05) is 66.7 Å². The van der Waals surface area contributed by atoms with Crippen LogP contribution in [0.2, 0.25) is 0 Å².